The predicted molar refractivity (Wildman–Crippen MR) is 65.5 cm³/mol. The topological polar surface area (TPSA) is 61.2 Å². The van der Waals surface area contributed by atoms with Crippen molar-refractivity contribution in [1.82, 2.24) is 9.78 Å². The molecule has 0 saturated carbocycles. The van der Waals surface area contributed by atoms with E-state index in [-0.39, 0.29) is 17.6 Å². The quantitative estimate of drug-likeness (QED) is 0.749. The average molecular weight is 281 g/mol. The van der Waals surface area contributed by atoms with Crippen molar-refractivity contribution < 1.29 is 13.2 Å². The molecule has 0 aromatic carbocycles. The highest BCUT2D eigenvalue weighted by atomic mass is 35.7. The first-order valence-electron chi connectivity index (χ1n) is 5.47. The highest BCUT2D eigenvalue weighted by Crippen LogP contribution is 2.21. The number of aromatic nitrogens is 2. The van der Waals surface area contributed by atoms with Gasteiger partial charge in [0.2, 0.25) is 0 Å². The molecule has 1 aromatic heterocycles. The molecule has 0 bridgehead atoms. The van der Waals surface area contributed by atoms with Gasteiger partial charge in [-0.15, -0.1) is 0 Å². The zero-order chi connectivity index (χ0) is 13.1. The van der Waals surface area contributed by atoms with Gasteiger partial charge in [0, 0.05) is 17.2 Å². The minimum Gasteiger partial charge on any atom is -0.372 e. The van der Waals surface area contributed by atoms with Crippen molar-refractivity contribution in [3.63, 3.8) is 0 Å². The first kappa shape index (κ1) is 14.5. The van der Waals surface area contributed by atoms with E-state index in [2.05, 4.69) is 5.10 Å². The molecule has 0 N–H and O–H groups in total. The van der Waals surface area contributed by atoms with Crippen molar-refractivity contribution in [3.05, 3.63) is 11.9 Å². The van der Waals surface area contributed by atoms with Gasteiger partial charge >= 0.3 is 0 Å². The lowest BCUT2D eigenvalue weighted by atomic mass is 10.4. The Kier molecular flexibility index (Phi) is 4.97. The summed E-state index contributed by atoms with van der Waals surface area (Å²) in [7, 11) is 1.59. The van der Waals surface area contributed by atoms with Crippen LogP contribution in [0.4, 0.5) is 0 Å². The maximum atomic E-state index is 11.4. The molecule has 0 aliphatic heterocycles. The molecule has 0 saturated heterocycles. The lowest BCUT2D eigenvalue weighted by Gasteiger charge is -2.10. The summed E-state index contributed by atoms with van der Waals surface area (Å²) in [6.45, 7) is 6.59. The summed E-state index contributed by atoms with van der Waals surface area (Å²) in [5, 5.41) is 4.02. The van der Waals surface area contributed by atoms with Crippen LogP contribution in [0.25, 0.3) is 0 Å². The molecular weight excluding hydrogens is 264 g/mol. The first-order valence-corrected chi connectivity index (χ1v) is 7.78. The second-order valence-corrected chi connectivity index (χ2v) is 6.51. The molecule has 1 aromatic rings. The average Bonchev–Trinajstić information content (AvgIpc) is 2.58. The van der Waals surface area contributed by atoms with E-state index in [1.807, 2.05) is 20.8 Å². The second kappa shape index (κ2) is 5.84. The molecule has 0 radical (unpaired) electrons. The van der Waals surface area contributed by atoms with Gasteiger partial charge in [-0.05, 0) is 20.3 Å². The summed E-state index contributed by atoms with van der Waals surface area (Å²) in [6, 6.07) is 0. The molecule has 98 valence electrons. The van der Waals surface area contributed by atoms with E-state index in [0.717, 1.165) is 6.42 Å². The van der Waals surface area contributed by atoms with Crippen LogP contribution >= 0.6 is 10.7 Å². The Bertz CT molecular complexity index is 468. The SMILES string of the molecule is CCCn1ncc(S(=O)(=O)Cl)c1COC(C)C. The molecule has 0 fully saturated rings. The third kappa shape index (κ3) is 3.97. The van der Waals surface area contributed by atoms with E-state index in [4.69, 9.17) is 15.4 Å². The van der Waals surface area contributed by atoms with Crippen molar-refractivity contribution in [2.24, 2.45) is 0 Å². The minimum absolute atomic E-state index is 0.0193. The fourth-order valence-corrected chi connectivity index (χ4v) is 2.40. The zero-order valence-corrected chi connectivity index (χ0v) is 11.8. The Balaban J connectivity index is 3.06. The Morgan fingerprint density at radius 1 is 1.53 bits per heavy atom. The molecule has 17 heavy (non-hydrogen) atoms. The number of rotatable bonds is 6. The van der Waals surface area contributed by atoms with E-state index < -0.39 is 9.05 Å². The number of ether oxygens (including phenoxy) is 1. The second-order valence-electron chi connectivity index (χ2n) is 3.98. The highest BCUT2D eigenvalue weighted by Gasteiger charge is 2.21. The van der Waals surface area contributed by atoms with E-state index >= 15 is 0 Å². The molecule has 0 spiro atoms. The maximum absolute atomic E-state index is 11.4. The predicted octanol–water partition coefficient (Wildman–Crippen LogP) is 2.15. The largest absolute Gasteiger partial charge is 0.372 e. The van der Waals surface area contributed by atoms with Crippen LogP contribution < -0.4 is 0 Å². The molecule has 0 atom stereocenters. The van der Waals surface area contributed by atoms with Gasteiger partial charge in [0.15, 0.2) is 0 Å². The smallest absolute Gasteiger partial charge is 0.264 e. The van der Waals surface area contributed by atoms with Crippen LogP contribution in [-0.4, -0.2) is 24.3 Å². The number of nitrogens with zero attached hydrogens (tertiary/aromatic N) is 2. The standard InChI is InChI=1S/C10H17ClN2O3S/c1-4-5-13-9(7-16-8(2)3)10(6-12-13)17(11,14)15/h6,8H,4-5,7H2,1-3H3. The van der Waals surface area contributed by atoms with E-state index in [1.165, 1.54) is 6.20 Å². The Morgan fingerprint density at radius 3 is 2.65 bits per heavy atom. The summed E-state index contributed by atoms with van der Waals surface area (Å²) in [5.74, 6) is 0. The van der Waals surface area contributed by atoms with Gasteiger partial charge in [-0.1, -0.05) is 6.92 Å². The summed E-state index contributed by atoms with van der Waals surface area (Å²) in [4.78, 5) is 0.0354. The Morgan fingerprint density at radius 2 is 2.18 bits per heavy atom. The fraction of sp³-hybridized carbons (Fsp3) is 0.700. The van der Waals surface area contributed by atoms with Gasteiger partial charge in [0.25, 0.3) is 9.05 Å². The normalized spacial score (nSPS) is 12.3. The molecule has 0 amide bonds. The molecule has 0 unspecified atom stereocenters. The number of halogens is 1. The molecule has 5 nitrogen and oxygen atoms in total. The van der Waals surface area contributed by atoms with E-state index in [9.17, 15) is 8.42 Å². The zero-order valence-electron chi connectivity index (χ0n) is 10.2. The molecule has 0 aliphatic carbocycles. The van der Waals surface area contributed by atoms with E-state index in [1.54, 1.807) is 4.68 Å². The van der Waals surface area contributed by atoms with Crippen molar-refractivity contribution >= 4 is 19.7 Å². The van der Waals surface area contributed by atoms with Gasteiger partial charge in [-0.25, -0.2) is 8.42 Å². The molecular formula is C10H17ClN2O3S. The number of aryl methyl sites for hydroxylation is 1. The third-order valence-electron chi connectivity index (χ3n) is 2.16. The van der Waals surface area contributed by atoms with Gasteiger partial charge in [-0.3, -0.25) is 4.68 Å². The summed E-state index contributed by atoms with van der Waals surface area (Å²) in [6.07, 6.45) is 2.15. The van der Waals surface area contributed by atoms with Crippen LogP contribution in [0.2, 0.25) is 0 Å². The van der Waals surface area contributed by atoms with Gasteiger partial charge in [0.1, 0.15) is 4.90 Å². The highest BCUT2D eigenvalue weighted by molar-refractivity contribution is 8.13. The van der Waals surface area contributed by atoms with Crippen LogP contribution in [0.1, 0.15) is 32.9 Å². The van der Waals surface area contributed by atoms with Gasteiger partial charge < -0.3 is 4.74 Å². The van der Waals surface area contributed by atoms with E-state index in [0.29, 0.717) is 12.2 Å². The summed E-state index contributed by atoms with van der Waals surface area (Å²) >= 11 is 0. The van der Waals surface area contributed by atoms with Crippen LogP contribution in [0.3, 0.4) is 0 Å². The third-order valence-corrected chi connectivity index (χ3v) is 3.53. The number of hydrogen-bond donors (Lipinski definition) is 0. The number of hydrogen-bond acceptors (Lipinski definition) is 4. The lowest BCUT2D eigenvalue weighted by Crippen LogP contribution is -2.11. The van der Waals surface area contributed by atoms with Crippen LogP contribution in [0, 0.1) is 0 Å². The van der Waals surface area contributed by atoms with Crippen LogP contribution in [0.5, 0.6) is 0 Å². The molecule has 1 heterocycles. The Labute approximate surface area is 106 Å². The minimum atomic E-state index is -3.77. The molecule has 1 rings (SSSR count). The first-order chi connectivity index (χ1) is 7.86. The van der Waals surface area contributed by atoms with Crippen molar-refractivity contribution in [3.8, 4) is 0 Å². The Hall–Kier alpha value is -0.590. The monoisotopic (exact) mass is 280 g/mol. The van der Waals surface area contributed by atoms with Crippen LogP contribution in [-0.2, 0) is 26.9 Å². The maximum Gasteiger partial charge on any atom is 0.264 e. The molecule has 7 heteroatoms. The lowest BCUT2D eigenvalue weighted by molar-refractivity contribution is 0.0596. The van der Waals surface area contributed by atoms with Gasteiger partial charge in [0.05, 0.1) is 24.6 Å². The summed E-state index contributed by atoms with van der Waals surface area (Å²) < 4.78 is 29.8. The van der Waals surface area contributed by atoms with Crippen LogP contribution in [0.15, 0.2) is 11.1 Å². The molecule has 0 aliphatic rings. The fourth-order valence-electron chi connectivity index (χ4n) is 1.39. The summed E-state index contributed by atoms with van der Waals surface area (Å²) in [5.41, 5.74) is 0.510. The van der Waals surface area contributed by atoms with Crippen molar-refractivity contribution in [2.45, 2.75) is 51.3 Å². The van der Waals surface area contributed by atoms with Crippen molar-refractivity contribution in [1.29, 1.82) is 0 Å². The van der Waals surface area contributed by atoms with Crippen molar-refractivity contribution in [2.75, 3.05) is 0 Å². The van der Waals surface area contributed by atoms with Gasteiger partial charge in [-0.2, -0.15) is 5.10 Å².